The summed E-state index contributed by atoms with van der Waals surface area (Å²) in [5.41, 5.74) is 0.595. The Kier molecular flexibility index (Phi) is 3.82. The van der Waals surface area contributed by atoms with Crippen molar-refractivity contribution >= 4 is 17.7 Å². The number of anilines is 1. The largest absolute Gasteiger partial charge is 0.480 e. The van der Waals surface area contributed by atoms with Crippen molar-refractivity contribution in [3.05, 3.63) is 24.5 Å². The zero-order chi connectivity index (χ0) is 12.1. The van der Waals surface area contributed by atoms with Gasteiger partial charge < -0.3 is 10.4 Å². The fourth-order valence-corrected chi connectivity index (χ4v) is 1.01. The molecule has 0 saturated heterocycles. The monoisotopic (exact) mass is 223 g/mol. The van der Waals surface area contributed by atoms with E-state index in [9.17, 15) is 9.59 Å². The van der Waals surface area contributed by atoms with Crippen LogP contribution in [0, 0.1) is 0 Å². The van der Waals surface area contributed by atoms with Gasteiger partial charge in [-0.15, -0.1) is 0 Å². The maximum atomic E-state index is 11.6. The van der Waals surface area contributed by atoms with E-state index in [1.165, 1.54) is 18.0 Å². The molecule has 0 bridgehead atoms. The standard InChI is InChI=1S/C10H13N3O3/c1-7(9(14)15)12-10(16)13(2)8-4-3-5-11-6-8/h3-7H,1-2H3,(H,12,16)(H,14,15)/t7-/m0/s1. The summed E-state index contributed by atoms with van der Waals surface area (Å²) >= 11 is 0. The van der Waals surface area contributed by atoms with E-state index in [4.69, 9.17) is 5.11 Å². The molecule has 6 heteroatoms. The summed E-state index contributed by atoms with van der Waals surface area (Å²) in [6.07, 6.45) is 3.11. The van der Waals surface area contributed by atoms with Crippen LogP contribution in [0.4, 0.5) is 10.5 Å². The van der Waals surface area contributed by atoms with Crippen molar-refractivity contribution in [2.24, 2.45) is 0 Å². The van der Waals surface area contributed by atoms with Gasteiger partial charge in [0.25, 0.3) is 0 Å². The molecule has 0 aliphatic carbocycles. The van der Waals surface area contributed by atoms with E-state index in [1.54, 1.807) is 25.4 Å². The molecule has 1 aromatic heterocycles. The van der Waals surface area contributed by atoms with Gasteiger partial charge in [0.2, 0.25) is 0 Å². The lowest BCUT2D eigenvalue weighted by Gasteiger charge is -2.19. The van der Waals surface area contributed by atoms with Crippen molar-refractivity contribution in [1.29, 1.82) is 0 Å². The number of nitrogens with one attached hydrogen (secondary N) is 1. The van der Waals surface area contributed by atoms with Crippen LogP contribution in [-0.2, 0) is 4.79 Å². The number of pyridine rings is 1. The van der Waals surface area contributed by atoms with Crippen LogP contribution in [0.25, 0.3) is 0 Å². The van der Waals surface area contributed by atoms with Gasteiger partial charge in [-0.05, 0) is 19.1 Å². The molecule has 1 heterocycles. The number of rotatable bonds is 3. The quantitative estimate of drug-likeness (QED) is 0.790. The summed E-state index contributed by atoms with van der Waals surface area (Å²) in [4.78, 5) is 27.3. The first-order valence-corrected chi connectivity index (χ1v) is 4.69. The molecule has 0 aliphatic rings. The molecule has 0 aliphatic heterocycles. The summed E-state index contributed by atoms with van der Waals surface area (Å²) in [7, 11) is 1.54. The Bertz CT molecular complexity index is 380. The van der Waals surface area contributed by atoms with Crippen LogP contribution in [0.15, 0.2) is 24.5 Å². The average Bonchev–Trinajstić information content (AvgIpc) is 2.28. The summed E-state index contributed by atoms with van der Waals surface area (Å²) in [6.45, 7) is 1.40. The van der Waals surface area contributed by atoms with Gasteiger partial charge in [0, 0.05) is 13.2 Å². The molecule has 16 heavy (non-hydrogen) atoms. The summed E-state index contributed by atoms with van der Waals surface area (Å²) < 4.78 is 0. The highest BCUT2D eigenvalue weighted by molar-refractivity contribution is 5.93. The number of carbonyl (C=O) groups is 2. The van der Waals surface area contributed by atoms with Gasteiger partial charge in [-0.1, -0.05) is 0 Å². The van der Waals surface area contributed by atoms with Crippen molar-refractivity contribution in [2.75, 3.05) is 11.9 Å². The molecule has 2 N–H and O–H groups in total. The van der Waals surface area contributed by atoms with E-state index >= 15 is 0 Å². The number of nitrogens with zero attached hydrogens (tertiary/aromatic N) is 2. The second kappa shape index (κ2) is 5.11. The fraction of sp³-hybridized carbons (Fsp3) is 0.300. The van der Waals surface area contributed by atoms with Gasteiger partial charge in [-0.3, -0.25) is 14.7 Å². The highest BCUT2D eigenvalue weighted by atomic mass is 16.4. The van der Waals surface area contributed by atoms with E-state index < -0.39 is 18.0 Å². The van der Waals surface area contributed by atoms with Crippen molar-refractivity contribution in [2.45, 2.75) is 13.0 Å². The van der Waals surface area contributed by atoms with E-state index in [0.29, 0.717) is 5.69 Å². The topological polar surface area (TPSA) is 82.5 Å². The number of carboxylic acid groups (broad SMARTS) is 1. The molecule has 1 aromatic rings. The zero-order valence-corrected chi connectivity index (χ0v) is 9.04. The smallest absolute Gasteiger partial charge is 0.325 e. The SMILES string of the molecule is C[C@H](NC(=O)N(C)c1cccnc1)C(=O)O. The maximum Gasteiger partial charge on any atom is 0.325 e. The molecule has 0 radical (unpaired) electrons. The van der Waals surface area contributed by atoms with E-state index in [0.717, 1.165) is 0 Å². The molecule has 0 unspecified atom stereocenters. The molecular weight excluding hydrogens is 210 g/mol. The number of hydrogen-bond donors (Lipinski definition) is 2. The van der Waals surface area contributed by atoms with Gasteiger partial charge in [0.05, 0.1) is 11.9 Å². The number of aromatic nitrogens is 1. The normalized spacial score (nSPS) is 11.6. The Labute approximate surface area is 92.9 Å². The molecule has 0 fully saturated rings. The van der Waals surface area contributed by atoms with Crippen molar-refractivity contribution in [3.8, 4) is 0 Å². The average molecular weight is 223 g/mol. The molecule has 6 nitrogen and oxygen atoms in total. The van der Waals surface area contributed by atoms with Crippen LogP contribution >= 0.6 is 0 Å². The predicted molar refractivity (Wildman–Crippen MR) is 58.3 cm³/mol. The second-order valence-corrected chi connectivity index (χ2v) is 3.28. The van der Waals surface area contributed by atoms with Crippen LogP contribution in [0.1, 0.15) is 6.92 Å². The Balaban J connectivity index is 2.65. The second-order valence-electron chi connectivity index (χ2n) is 3.28. The van der Waals surface area contributed by atoms with Crippen LogP contribution < -0.4 is 10.2 Å². The lowest BCUT2D eigenvalue weighted by atomic mass is 10.3. The predicted octanol–water partition coefficient (Wildman–Crippen LogP) is 0.701. The highest BCUT2D eigenvalue weighted by Crippen LogP contribution is 2.08. The molecule has 0 aromatic carbocycles. The van der Waals surface area contributed by atoms with Crippen LogP contribution in [0.3, 0.4) is 0 Å². The minimum absolute atomic E-state index is 0.483. The zero-order valence-electron chi connectivity index (χ0n) is 9.04. The molecule has 1 rings (SSSR count). The number of carboxylic acids is 1. The van der Waals surface area contributed by atoms with Crippen molar-refractivity contribution in [3.63, 3.8) is 0 Å². The highest BCUT2D eigenvalue weighted by Gasteiger charge is 2.17. The molecule has 2 amide bonds. The fourth-order valence-electron chi connectivity index (χ4n) is 1.01. The lowest BCUT2D eigenvalue weighted by molar-refractivity contribution is -0.138. The Morgan fingerprint density at radius 2 is 2.25 bits per heavy atom. The van der Waals surface area contributed by atoms with E-state index in [2.05, 4.69) is 10.3 Å². The molecule has 86 valence electrons. The Morgan fingerprint density at radius 1 is 1.56 bits per heavy atom. The van der Waals surface area contributed by atoms with Gasteiger partial charge in [0.1, 0.15) is 6.04 Å². The minimum atomic E-state index is -1.08. The van der Waals surface area contributed by atoms with Gasteiger partial charge >= 0.3 is 12.0 Å². The van der Waals surface area contributed by atoms with Crippen molar-refractivity contribution < 1.29 is 14.7 Å². The first-order valence-electron chi connectivity index (χ1n) is 4.69. The third kappa shape index (κ3) is 2.94. The lowest BCUT2D eigenvalue weighted by Crippen LogP contribution is -2.45. The van der Waals surface area contributed by atoms with E-state index in [1.807, 2.05) is 0 Å². The van der Waals surface area contributed by atoms with Crippen LogP contribution in [0.2, 0.25) is 0 Å². The first kappa shape index (κ1) is 12.0. The number of urea groups is 1. The molecular formula is C10H13N3O3. The first-order chi connectivity index (χ1) is 7.52. The number of aliphatic carboxylic acids is 1. The maximum absolute atomic E-state index is 11.6. The molecule has 0 spiro atoms. The molecule has 0 saturated carbocycles. The van der Waals surface area contributed by atoms with Gasteiger partial charge in [0.15, 0.2) is 0 Å². The minimum Gasteiger partial charge on any atom is -0.480 e. The van der Waals surface area contributed by atoms with Crippen LogP contribution in [-0.4, -0.2) is 35.2 Å². The Morgan fingerprint density at radius 3 is 2.75 bits per heavy atom. The third-order valence-corrected chi connectivity index (χ3v) is 2.05. The Hall–Kier alpha value is -2.11. The number of carbonyl (C=O) groups excluding carboxylic acids is 1. The van der Waals surface area contributed by atoms with Gasteiger partial charge in [-0.25, -0.2) is 4.79 Å². The van der Waals surface area contributed by atoms with Crippen molar-refractivity contribution in [1.82, 2.24) is 10.3 Å². The van der Waals surface area contributed by atoms with Gasteiger partial charge in [-0.2, -0.15) is 0 Å². The van der Waals surface area contributed by atoms with E-state index in [-0.39, 0.29) is 0 Å². The number of amides is 2. The summed E-state index contributed by atoms with van der Waals surface area (Å²) in [5.74, 6) is -1.08. The third-order valence-electron chi connectivity index (χ3n) is 2.05. The molecule has 1 atom stereocenters. The number of hydrogen-bond acceptors (Lipinski definition) is 3. The summed E-state index contributed by atoms with van der Waals surface area (Å²) in [5, 5.41) is 11.0. The van der Waals surface area contributed by atoms with Crippen LogP contribution in [0.5, 0.6) is 0 Å². The summed E-state index contributed by atoms with van der Waals surface area (Å²) in [6, 6.07) is 1.99.